The second-order valence-electron chi connectivity index (χ2n) is 4.68. The maximum absolute atomic E-state index is 5.37. The molecule has 1 N–H and O–H groups in total. The third-order valence-electron chi connectivity index (χ3n) is 3.19. The number of aromatic nitrogens is 1. The molecule has 3 aromatic rings. The number of rotatable bonds is 4. The van der Waals surface area contributed by atoms with Crippen molar-refractivity contribution in [2.45, 2.75) is 6.92 Å². The molecule has 3 rings (SSSR count). The highest BCUT2D eigenvalue weighted by Gasteiger charge is 2.09. The molecule has 0 aliphatic heterocycles. The summed E-state index contributed by atoms with van der Waals surface area (Å²) in [5.74, 6) is 1.53. The lowest BCUT2D eigenvalue weighted by atomic mass is 10.2. The molecular formula is C16H16N2O2S. The number of methoxy groups -OCH3 is 2. The molecule has 1 heterocycles. The minimum absolute atomic E-state index is 0.756. The average molecular weight is 300 g/mol. The molecule has 4 nitrogen and oxygen atoms in total. The van der Waals surface area contributed by atoms with E-state index in [1.54, 1.807) is 25.6 Å². The Balaban J connectivity index is 1.97. The standard InChI is InChI=1S/C16H16N2O2S/c1-10-4-7-15-13(8-10)18-16(21-15)17-12-9-11(19-2)5-6-14(12)20-3/h4-9H,1-3H3,(H,17,18). The number of nitrogens with zero attached hydrogens (tertiary/aromatic N) is 1. The Morgan fingerprint density at radius 3 is 2.67 bits per heavy atom. The smallest absolute Gasteiger partial charge is 0.188 e. The van der Waals surface area contributed by atoms with Gasteiger partial charge in [0.15, 0.2) is 5.13 Å². The second kappa shape index (κ2) is 5.61. The molecule has 108 valence electrons. The SMILES string of the molecule is COc1ccc(OC)c(Nc2nc3cc(C)ccc3s2)c1. The number of fused-ring (bicyclic) bond motifs is 1. The summed E-state index contributed by atoms with van der Waals surface area (Å²) in [6, 6.07) is 11.9. The van der Waals surface area contributed by atoms with Crippen LogP contribution in [0.4, 0.5) is 10.8 Å². The molecule has 0 saturated heterocycles. The van der Waals surface area contributed by atoms with Crippen LogP contribution in [0.1, 0.15) is 5.56 Å². The zero-order valence-electron chi connectivity index (χ0n) is 12.1. The molecule has 0 atom stereocenters. The number of hydrogen-bond donors (Lipinski definition) is 1. The predicted molar refractivity (Wildman–Crippen MR) is 87.2 cm³/mol. The number of benzene rings is 2. The summed E-state index contributed by atoms with van der Waals surface area (Å²) in [6.45, 7) is 2.07. The van der Waals surface area contributed by atoms with Gasteiger partial charge in [0, 0.05) is 6.07 Å². The summed E-state index contributed by atoms with van der Waals surface area (Å²) in [6.07, 6.45) is 0. The van der Waals surface area contributed by atoms with Crippen molar-refractivity contribution in [3.63, 3.8) is 0 Å². The van der Waals surface area contributed by atoms with Gasteiger partial charge in [0.25, 0.3) is 0 Å². The lowest BCUT2D eigenvalue weighted by Gasteiger charge is -2.10. The first-order valence-corrected chi connectivity index (χ1v) is 7.37. The van der Waals surface area contributed by atoms with Gasteiger partial charge in [-0.25, -0.2) is 4.98 Å². The van der Waals surface area contributed by atoms with Crippen LogP contribution in [0.15, 0.2) is 36.4 Å². The normalized spacial score (nSPS) is 10.6. The van der Waals surface area contributed by atoms with E-state index in [4.69, 9.17) is 9.47 Å². The van der Waals surface area contributed by atoms with Gasteiger partial charge in [0.05, 0.1) is 30.1 Å². The van der Waals surface area contributed by atoms with Gasteiger partial charge in [0.2, 0.25) is 0 Å². The summed E-state index contributed by atoms with van der Waals surface area (Å²) >= 11 is 1.61. The Bertz CT molecular complexity index is 783. The van der Waals surface area contributed by atoms with Gasteiger partial charge in [-0.15, -0.1) is 0 Å². The lowest BCUT2D eigenvalue weighted by Crippen LogP contribution is -1.95. The summed E-state index contributed by atoms with van der Waals surface area (Å²) < 4.78 is 11.8. The van der Waals surface area contributed by atoms with E-state index >= 15 is 0 Å². The van der Waals surface area contributed by atoms with Crippen molar-refractivity contribution in [2.24, 2.45) is 0 Å². The minimum atomic E-state index is 0.756. The van der Waals surface area contributed by atoms with Gasteiger partial charge in [-0.05, 0) is 36.8 Å². The monoisotopic (exact) mass is 300 g/mol. The lowest BCUT2D eigenvalue weighted by molar-refractivity contribution is 0.405. The topological polar surface area (TPSA) is 43.4 Å². The van der Waals surface area contributed by atoms with E-state index < -0.39 is 0 Å². The Kier molecular flexibility index (Phi) is 3.66. The van der Waals surface area contributed by atoms with E-state index in [-0.39, 0.29) is 0 Å². The molecule has 0 radical (unpaired) electrons. The number of thiazole rings is 1. The molecule has 21 heavy (non-hydrogen) atoms. The van der Waals surface area contributed by atoms with Crippen LogP contribution in [0, 0.1) is 6.92 Å². The number of ether oxygens (including phenoxy) is 2. The fourth-order valence-electron chi connectivity index (χ4n) is 2.12. The van der Waals surface area contributed by atoms with Crippen LogP contribution in [0.3, 0.4) is 0 Å². The molecule has 0 unspecified atom stereocenters. The number of anilines is 2. The fourth-order valence-corrected chi connectivity index (χ4v) is 2.98. The first-order valence-electron chi connectivity index (χ1n) is 6.56. The fraction of sp³-hybridized carbons (Fsp3) is 0.188. The van der Waals surface area contributed by atoms with E-state index in [1.165, 1.54) is 5.56 Å². The second-order valence-corrected chi connectivity index (χ2v) is 5.71. The molecule has 2 aromatic carbocycles. The van der Waals surface area contributed by atoms with Crippen LogP contribution in [-0.4, -0.2) is 19.2 Å². The molecule has 0 saturated carbocycles. The zero-order chi connectivity index (χ0) is 14.8. The van der Waals surface area contributed by atoms with E-state index in [0.717, 1.165) is 32.5 Å². The molecule has 5 heteroatoms. The van der Waals surface area contributed by atoms with Crippen molar-refractivity contribution in [1.82, 2.24) is 4.98 Å². The van der Waals surface area contributed by atoms with Gasteiger partial charge in [0.1, 0.15) is 11.5 Å². The Morgan fingerprint density at radius 1 is 1.05 bits per heavy atom. The van der Waals surface area contributed by atoms with E-state index in [2.05, 4.69) is 35.4 Å². The highest BCUT2D eigenvalue weighted by Crippen LogP contribution is 2.34. The molecule has 0 amide bonds. The minimum Gasteiger partial charge on any atom is -0.497 e. The van der Waals surface area contributed by atoms with Gasteiger partial charge in [-0.2, -0.15) is 0 Å². The molecular weight excluding hydrogens is 284 g/mol. The Morgan fingerprint density at radius 2 is 1.90 bits per heavy atom. The van der Waals surface area contributed by atoms with Crippen molar-refractivity contribution in [3.8, 4) is 11.5 Å². The molecule has 0 spiro atoms. The average Bonchev–Trinajstić information content (AvgIpc) is 2.88. The summed E-state index contributed by atoms with van der Waals surface area (Å²) in [4.78, 5) is 4.61. The highest BCUT2D eigenvalue weighted by molar-refractivity contribution is 7.22. The highest BCUT2D eigenvalue weighted by atomic mass is 32.1. The van der Waals surface area contributed by atoms with Gasteiger partial charge < -0.3 is 14.8 Å². The van der Waals surface area contributed by atoms with Crippen molar-refractivity contribution in [1.29, 1.82) is 0 Å². The van der Waals surface area contributed by atoms with E-state index in [9.17, 15) is 0 Å². The quantitative estimate of drug-likeness (QED) is 0.777. The van der Waals surface area contributed by atoms with E-state index in [0.29, 0.717) is 0 Å². The van der Waals surface area contributed by atoms with Crippen LogP contribution >= 0.6 is 11.3 Å². The third kappa shape index (κ3) is 2.78. The third-order valence-corrected chi connectivity index (χ3v) is 4.14. The largest absolute Gasteiger partial charge is 0.497 e. The summed E-state index contributed by atoms with van der Waals surface area (Å²) in [5, 5.41) is 4.14. The molecule has 1 aromatic heterocycles. The molecule has 0 aliphatic carbocycles. The summed E-state index contributed by atoms with van der Waals surface area (Å²) in [7, 11) is 3.29. The van der Waals surface area contributed by atoms with Gasteiger partial charge >= 0.3 is 0 Å². The van der Waals surface area contributed by atoms with Gasteiger partial charge in [-0.3, -0.25) is 0 Å². The van der Waals surface area contributed by atoms with Crippen molar-refractivity contribution in [3.05, 3.63) is 42.0 Å². The number of nitrogens with one attached hydrogen (secondary N) is 1. The van der Waals surface area contributed by atoms with Crippen molar-refractivity contribution >= 4 is 32.4 Å². The van der Waals surface area contributed by atoms with Crippen LogP contribution in [0.5, 0.6) is 11.5 Å². The Hall–Kier alpha value is -2.27. The summed E-state index contributed by atoms with van der Waals surface area (Å²) in [5.41, 5.74) is 3.05. The van der Waals surface area contributed by atoms with Crippen LogP contribution in [0.25, 0.3) is 10.2 Å². The Labute approximate surface area is 127 Å². The first kappa shape index (κ1) is 13.7. The molecule has 0 aliphatic rings. The first-order chi connectivity index (χ1) is 10.2. The van der Waals surface area contributed by atoms with E-state index in [1.807, 2.05) is 18.2 Å². The van der Waals surface area contributed by atoms with Crippen LogP contribution in [0.2, 0.25) is 0 Å². The molecule has 0 bridgehead atoms. The van der Waals surface area contributed by atoms with Crippen molar-refractivity contribution < 1.29 is 9.47 Å². The van der Waals surface area contributed by atoms with Crippen LogP contribution < -0.4 is 14.8 Å². The van der Waals surface area contributed by atoms with Gasteiger partial charge in [-0.1, -0.05) is 17.4 Å². The van der Waals surface area contributed by atoms with Crippen molar-refractivity contribution in [2.75, 3.05) is 19.5 Å². The maximum atomic E-state index is 5.37. The number of aryl methyl sites for hydroxylation is 1. The zero-order valence-corrected chi connectivity index (χ0v) is 13.0. The predicted octanol–water partition coefficient (Wildman–Crippen LogP) is 4.37. The maximum Gasteiger partial charge on any atom is 0.188 e. The molecule has 0 fully saturated rings. The van der Waals surface area contributed by atoms with Crippen LogP contribution in [-0.2, 0) is 0 Å². The number of hydrogen-bond acceptors (Lipinski definition) is 5.